The fourth-order valence-electron chi connectivity index (χ4n) is 4.94. The maximum atomic E-state index is 14.3. The van der Waals surface area contributed by atoms with Crippen LogP contribution in [0.1, 0.15) is 52.1 Å². The molecule has 0 spiro atoms. The van der Waals surface area contributed by atoms with E-state index >= 15 is 0 Å². The first kappa shape index (κ1) is 28.4. The molecule has 1 aliphatic heterocycles. The number of halogens is 4. The zero-order valence-electron chi connectivity index (χ0n) is 22.5. The Morgan fingerprint density at radius 1 is 0.951 bits per heavy atom. The van der Waals surface area contributed by atoms with Crippen LogP contribution in [0.4, 0.5) is 17.6 Å². The summed E-state index contributed by atoms with van der Waals surface area (Å²) in [6.45, 7) is 5.30. The average molecular weight is 571 g/mol. The second-order valence-corrected chi connectivity index (χ2v) is 10.2. The number of carbonyl (C=O) groups is 1. The third-order valence-electron chi connectivity index (χ3n) is 7.30. The molecule has 2 heterocycles. The number of fused-ring (bicyclic) bond motifs is 1. The number of nitrogens with one attached hydrogen (secondary N) is 1. The Bertz CT molecular complexity index is 1650. The van der Waals surface area contributed by atoms with Gasteiger partial charge in [0.2, 0.25) is 11.2 Å². The lowest BCUT2D eigenvalue weighted by atomic mass is 10.1. The molecule has 6 nitrogen and oxygen atoms in total. The number of hydrogen-bond donors (Lipinski definition) is 1. The lowest BCUT2D eigenvalue weighted by Gasteiger charge is -2.25. The summed E-state index contributed by atoms with van der Waals surface area (Å²) in [6.07, 6.45) is -2.16. The summed E-state index contributed by atoms with van der Waals surface area (Å²) in [6, 6.07) is 12.0. The Morgan fingerprint density at radius 3 is 2.32 bits per heavy atom. The van der Waals surface area contributed by atoms with Crippen molar-refractivity contribution in [2.75, 3.05) is 13.1 Å². The van der Waals surface area contributed by atoms with E-state index in [1.807, 2.05) is 6.92 Å². The van der Waals surface area contributed by atoms with Gasteiger partial charge in [-0.3, -0.25) is 4.79 Å². The van der Waals surface area contributed by atoms with Gasteiger partial charge in [0, 0.05) is 0 Å². The summed E-state index contributed by atoms with van der Waals surface area (Å²) in [5, 5.41) is -0.134. The van der Waals surface area contributed by atoms with Crippen molar-refractivity contribution in [3.63, 3.8) is 0 Å². The second-order valence-electron chi connectivity index (χ2n) is 10.2. The van der Waals surface area contributed by atoms with Gasteiger partial charge in [0.25, 0.3) is 5.76 Å². The van der Waals surface area contributed by atoms with Crippen LogP contribution in [0.25, 0.3) is 11.0 Å². The highest BCUT2D eigenvalue weighted by Gasteiger charge is 2.41. The van der Waals surface area contributed by atoms with Crippen molar-refractivity contribution >= 4 is 16.9 Å². The SMILES string of the molecule is Cc1ccc(Oc2c(C(F)(F)F)oc3c(C[NH+]4CCCCC4)c(OC(=O)c4ccc(F)cc4)ccc3c2=O)cc1C. The van der Waals surface area contributed by atoms with E-state index in [0.717, 1.165) is 60.5 Å². The van der Waals surface area contributed by atoms with Crippen molar-refractivity contribution in [1.29, 1.82) is 0 Å². The molecule has 1 N–H and O–H groups in total. The Balaban J connectivity index is 1.65. The molecule has 0 atom stereocenters. The standard InChI is InChI=1S/C31H27F4NO5/c1-18-6-11-22(16-19(18)2)39-28-26(37)23-12-13-25(40-30(38)20-7-9-21(32)10-8-20)24(17-36-14-4-3-5-15-36)27(23)41-29(28)31(33,34)35/h6-13,16H,3-5,14-15,17H2,1-2H3/p+1. The molecule has 0 radical (unpaired) electrons. The predicted molar refractivity (Wildman–Crippen MR) is 143 cm³/mol. The molecule has 1 aliphatic rings. The molecule has 0 unspecified atom stereocenters. The number of ether oxygens (including phenoxy) is 2. The molecule has 10 heteroatoms. The number of alkyl halides is 3. The van der Waals surface area contributed by atoms with Gasteiger partial charge in [-0.25, -0.2) is 9.18 Å². The van der Waals surface area contributed by atoms with Gasteiger partial charge in [-0.2, -0.15) is 13.2 Å². The van der Waals surface area contributed by atoms with Crippen molar-refractivity contribution in [3.8, 4) is 17.2 Å². The molecule has 41 heavy (non-hydrogen) atoms. The summed E-state index contributed by atoms with van der Waals surface area (Å²) in [5.74, 6) is -3.89. The van der Waals surface area contributed by atoms with Gasteiger partial charge in [0.05, 0.1) is 29.6 Å². The molecule has 0 aliphatic carbocycles. The highest BCUT2D eigenvalue weighted by atomic mass is 19.4. The van der Waals surface area contributed by atoms with Crippen LogP contribution in [0, 0.1) is 19.7 Å². The van der Waals surface area contributed by atoms with Gasteiger partial charge in [0.1, 0.15) is 23.9 Å². The number of aryl methyl sites for hydroxylation is 2. The fourth-order valence-corrected chi connectivity index (χ4v) is 4.94. The van der Waals surface area contributed by atoms with Crippen LogP contribution >= 0.6 is 0 Å². The van der Waals surface area contributed by atoms with E-state index in [9.17, 15) is 27.2 Å². The Morgan fingerprint density at radius 2 is 1.66 bits per heavy atom. The summed E-state index contributed by atoms with van der Waals surface area (Å²) in [4.78, 5) is 27.5. The number of rotatable bonds is 6. The summed E-state index contributed by atoms with van der Waals surface area (Å²) < 4.78 is 72.9. The second kappa shape index (κ2) is 11.4. The summed E-state index contributed by atoms with van der Waals surface area (Å²) >= 11 is 0. The van der Waals surface area contributed by atoms with Crippen LogP contribution in [-0.2, 0) is 12.7 Å². The van der Waals surface area contributed by atoms with Crippen molar-refractivity contribution in [2.45, 2.75) is 45.8 Å². The van der Waals surface area contributed by atoms with E-state index < -0.39 is 34.9 Å². The smallest absolute Gasteiger partial charge is 0.449 e. The number of likely N-dealkylation sites (tertiary alicyclic amines) is 1. The minimum absolute atomic E-state index is 0.0380. The van der Waals surface area contributed by atoms with Crippen LogP contribution in [0.2, 0.25) is 0 Å². The quantitative estimate of drug-likeness (QED) is 0.171. The van der Waals surface area contributed by atoms with Gasteiger partial charge in [0.15, 0.2) is 5.58 Å². The zero-order valence-corrected chi connectivity index (χ0v) is 22.5. The predicted octanol–water partition coefficient (Wildman–Crippen LogP) is 6.15. The fraction of sp³-hybridized carbons (Fsp3) is 0.290. The van der Waals surface area contributed by atoms with E-state index in [1.54, 1.807) is 19.1 Å². The van der Waals surface area contributed by atoms with E-state index in [2.05, 4.69) is 0 Å². The molecule has 4 aromatic rings. The molecule has 214 valence electrons. The molecule has 0 saturated carbocycles. The summed E-state index contributed by atoms with van der Waals surface area (Å²) in [7, 11) is 0. The molecule has 0 bridgehead atoms. The first-order valence-corrected chi connectivity index (χ1v) is 13.3. The Hall–Kier alpha value is -4.18. The van der Waals surface area contributed by atoms with Crippen LogP contribution in [0.5, 0.6) is 17.2 Å². The van der Waals surface area contributed by atoms with Crippen LogP contribution in [-0.4, -0.2) is 19.1 Å². The minimum Gasteiger partial charge on any atom is -0.449 e. The molecule has 1 saturated heterocycles. The van der Waals surface area contributed by atoms with E-state index in [-0.39, 0.29) is 40.1 Å². The first-order valence-electron chi connectivity index (χ1n) is 13.3. The molecular formula is C31H28F4NO5+. The van der Waals surface area contributed by atoms with Gasteiger partial charge >= 0.3 is 12.1 Å². The third-order valence-corrected chi connectivity index (χ3v) is 7.30. The molecule has 3 aromatic carbocycles. The molecule has 0 amide bonds. The lowest BCUT2D eigenvalue weighted by molar-refractivity contribution is -0.918. The monoisotopic (exact) mass is 570 g/mol. The topological polar surface area (TPSA) is 70.2 Å². The van der Waals surface area contributed by atoms with E-state index in [4.69, 9.17) is 13.9 Å². The molecule has 1 aromatic heterocycles. The number of esters is 1. The summed E-state index contributed by atoms with van der Waals surface area (Å²) in [5.41, 5.74) is 0.583. The Kier molecular flexibility index (Phi) is 7.86. The van der Waals surface area contributed by atoms with E-state index in [1.165, 1.54) is 30.3 Å². The highest BCUT2D eigenvalue weighted by molar-refractivity contribution is 5.92. The average Bonchev–Trinajstić information content (AvgIpc) is 2.93. The minimum atomic E-state index is -5.06. The van der Waals surface area contributed by atoms with Gasteiger partial charge in [-0.05, 0) is 92.8 Å². The number of carbonyl (C=O) groups excluding carboxylic acids is 1. The zero-order chi connectivity index (χ0) is 29.3. The van der Waals surface area contributed by atoms with Crippen molar-refractivity contribution < 1.29 is 41.1 Å². The number of quaternary nitrogens is 1. The molecular weight excluding hydrogens is 542 g/mol. The maximum Gasteiger partial charge on any atom is 0.453 e. The largest absolute Gasteiger partial charge is 0.453 e. The van der Waals surface area contributed by atoms with Crippen LogP contribution in [0.3, 0.4) is 0 Å². The third kappa shape index (κ3) is 6.12. The van der Waals surface area contributed by atoms with Crippen LogP contribution < -0.4 is 19.8 Å². The normalized spacial score (nSPS) is 14.3. The van der Waals surface area contributed by atoms with Gasteiger partial charge < -0.3 is 18.8 Å². The van der Waals surface area contributed by atoms with Gasteiger partial charge in [-0.15, -0.1) is 0 Å². The first-order chi connectivity index (χ1) is 19.5. The maximum absolute atomic E-state index is 14.3. The van der Waals surface area contributed by atoms with Gasteiger partial charge in [-0.1, -0.05) is 6.07 Å². The van der Waals surface area contributed by atoms with Crippen molar-refractivity contribution in [3.05, 3.63) is 98.7 Å². The van der Waals surface area contributed by atoms with Crippen molar-refractivity contribution in [2.24, 2.45) is 0 Å². The van der Waals surface area contributed by atoms with E-state index in [0.29, 0.717) is 0 Å². The highest BCUT2D eigenvalue weighted by Crippen LogP contribution is 2.40. The molecule has 5 rings (SSSR count). The number of hydrogen-bond acceptors (Lipinski definition) is 5. The van der Waals surface area contributed by atoms with Crippen molar-refractivity contribution in [1.82, 2.24) is 0 Å². The van der Waals surface area contributed by atoms with Crippen LogP contribution in [0.15, 0.2) is 63.8 Å². The lowest BCUT2D eigenvalue weighted by Crippen LogP contribution is -3.11. The number of benzene rings is 3. The number of piperidine rings is 1. The Labute approximate surface area is 233 Å². The molecule has 1 fully saturated rings.